The highest BCUT2D eigenvalue weighted by Crippen LogP contribution is 2.31. The summed E-state index contributed by atoms with van der Waals surface area (Å²) in [6.07, 6.45) is 0. The van der Waals surface area contributed by atoms with E-state index in [2.05, 4.69) is 48.4 Å². The van der Waals surface area contributed by atoms with Gasteiger partial charge in [0.2, 0.25) is 5.91 Å². The van der Waals surface area contributed by atoms with E-state index in [1.807, 2.05) is 48.5 Å². The van der Waals surface area contributed by atoms with Gasteiger partial charge >= 0.3 is 0 Å². The number of pyridine rings is 1. The van der Waals surface area contributed by atoms with E-state index in [0.29, 0.717) is 5.75 Å². The number of amides is 1. The number of anilines is 1. The fourth-order valence-corrected chi connectivity index (χ4v) is 5.42. The molecule has 5 rings (SSSR count). The number of carbonyl (C=O) groups is 1. The normalized spacial score (nSPS) is 11.2. The minimum absolute atomic E-state index is 0.0502. The molecule has 2 aromatic heterocycles. The number of rotatable bonds is 5. The number of carbonyl (C=O) groups excluding carboxylic acids is 1. The van der Waals surface area contributed by atoms with E-state index in [-0.39, 0.29) is 5.91 Å². The molecule has 1 N–H and O–H groups in total. The lowest BCUT2D eigenvalue weighted by molar-refractivity contribution is -0.113. The molecule has 0 spiro atoms. The van der Waals surface area contributed by atoms with Gasteiger partial charge in [-0.15, -0.1) is 11.3 Å². The van der Waals surface area contributed by atoms with Crippen LogP contribution in [0.5, 0.6) is 0 Å². The summed E-state index contributed by atoms with van der Waals surface area (Å²) in [6.45, 7) is 4.16. The van der Waals surface area contributed by atoms with E-state index in [0.717, 1.165) is 37.7 Å². The van der Waals surface area contributed by atoms with Gasteiger partial charge in [0.25, 0.3) is 0 Å². The van der Waals surface area contributed by atoms with Crippen LogP contribution in [0.2, 0.25) is 0 Å². The van der Waals surface area contributed by atoms with Gasteiger partial charge in [0.15, 0.2) is 0 Å². The van der Waals surface area contributed by atoms with Crippen molar-refractivity contribution in [3.8, 4) is 10.6 Å². The molecule has 4 nitrogen and oxygen atoms in total. The zero-order chi connectivity index (χ0) is 22.1. The van der Waals surface area contributed by atoms with Crippen LogP contribution in [-0.4, -0.2) is 21.6 Å². The quantitative estimate of drug-likeness (QED) is 0.294. The van der Waals surface area contributed by atoms with Gasteiger partial charge in [0.05, 0.1) is 26.5 Å². The Balaban J connectivity index is 1.24. The van der Waals surface area contributed by atoms with E-state index in [1.165, 1.54) is 27.6 Å². The maximum atomic E-state index is 12.5. The van der Waals surface area contributed by atoms with Gasteiger partial charge in [0, 0.05) is 16.6 Å². The third-order valence-corrected chi connectivity index (χ3v) is 7.19. The molecule has 32 heavy (non-hydrogen) atoms. The number of thiazole rings is 1. The zero-order valence-electron chi connectivity index (χ0n) is 17.8. The van der Waals surface area contributed by atoms with Crippen LogP contribution in [0.4, 0.5) is 5.69 Å². The summed E-state index contributed by atoms with van der Waals surface area (Å²) >= 11 is 3.13. The second-order valence-electron chi connectivity index (χ2n) is 7.70. The lowest BCUT2D eigenvalue weighted by Crippen LogP contribution is -2.14. The average molecular weight is 456 g/mol. The smallest absolute Gasteiger partial charge is 0.234 e. The van der Waals surface area contributed by atoms with Gasteiger partial charge in [0.1, 0.15) is 5.01 Å². The van der Waals surface area contributed by atoms with E-state index in [9.17, 15) is 4.79 Å². The molecule has 0 aliphatic carbocycles. The van der Waals surface area contributed by atoms with Crippen LogP contribution < -0.4 is 5.32 Å². The third kappa shape index (κ3) is 4.38. The molecular formula is C26H21N3OS2. The van der Waals surface area contributed by atoms with Crippen LogP contribution in [0.25, 0.3) is 31.7 Å². The molecule has 0 bridgehead atoms. The van der Waals surface area contributed by atoms with Gasteiger partial charge in [-0.25, -0.2) is 9.97 Å². The topological polar surface area (TPSA) is 54.9 Å². The fraction of sp³-hybridized carbons (Fsp3) is 0.115. The minimum atomic E-state index is -0.0502. The second-order valence-corrected chi connectivity index (χ2v) is 9.73. The molecule has 2 heterocycles. The maximum Gasteiger partial charge on any atom is 0.234 e. The molecule has 0 fully saturated rings. The Kier molecular flexibility index (Phi) is 5.64. The van der Waals surface area contributed by atoms with Crippen molar-refractivity contribution >= 4 is 55.8 Å². The zero-order valence-corrected chi connectivity index (χ0v) is 19.4. The molecule has 0 aliphatic rings. The maximum absolute atomic E-state index is 12.5. The highest BCUT2D eigenvalue weighted by molar-refractivity contribution is 7.99. The Morgan fingerprint density at radius 1 is 0.938 bits per heavy atom. The summed E-state index contributed by atoms with van der Waals surface area (Å²) in [5.74, 6) is 0.259. The fourth-order valence-electron chi connectivity index (χ4n) is 3.58. The predicted molar refractivity (Wildman–Crippen MR) is 136 cm³/mol. The SMILES string of the molecule is Cc1ccc2nc(-c3ccc(NC(=O)CSc4cc(C)c5ccccc5n4)cc3)sc2c1. The van der Waals surface area contributed by atoms with Crippen molar-refractivity contribution in [1.82, 2.24) is 9.97 Å². The Morgan fingerprint density at radius 3 is 2.59 bits per heavy atom. The molecule has 3 aromatic carbocycles. The monoisotopic (exact) mass is 455 g/mol. The summed E-state index contributed by atoms with van der Waals surface area (Å²) in [5, 5.41) is 5.96. The number of aryl methyl sites for hydroxylation is 2. The van der Waals surface area contributed by atoms with Crippen LogP contribution in [-0.2, 0) is 4.79 Å². The summed E-state index contributed by atoms with van der Waals surface area (Å²) in [7, 11) is 0. The molecule has 0 atom stereocenters. The molecule has 0 saturated heterocycles. The Morgan fingerprint density at radius 2 is 1.75 bits per heavy atom. The minimum Gasteiger partial charge on any atom is -0.325 e. The molecule has 158 valence electrons. The van der Waals surface area contributed by atoms with Crippen LogP contribution in [0.1, 0.15) is 11.1 Å². The molecular weight excluding hydrogens is 434 g/mol. The molecule has 5 aromatic rings. The van der Waals surface area contributed by atoms with Crippen molar-refractivity contribution < 1.29 is 4.79 Å². The summed E-state index contributed by atoms with van der Waals surface area (Å²) in [4.78, 5) is 21.9. The van der Waals surface area contributed by atoms with Crippen molar-refractivity contribution in [3.05, 3.63) is 83.9 Å². The largest absolute Gasteiger partial charge is 0.325 e. The Bertz CT molecular complexity index is 1440. The number of thioether (sulfide) groups is 1. The van der Waals surface area contributed by atoms with Gasteiger partial charge in [-0.05, 0) is 73.5 Å². The Labute approximate surface area is 194 Å². The van der Waals surface area contributed by atoms with E-state index < -0.39 is 0 Å². The number of hydrogen-bond acceptors (Lipinski definition) is 5. The molecule has 0 aliphatic heterocycles. The predicted octanol–water partition coefficient (Wildman–Crippen LogP) is 6.86. The van der Waals surface area contributed by atoms with E-state index in [1.54, 1.807) is 11.3 Å². The first kappa shape index (κ1) is 20.7. The van der Waals surface area contributed by atoms with E-state index in [4.69, 9.17) is 4.98 Å². The number of nitrogens with zero attached hydrogens (tertiary/aromatic N) is 2. The summed E-state index contributed by atoms with van der Waals surface area (Å²) < 4.78 is 1.19. The average Bonchev–Trinajstić information content (AvgIpc) is 3.21. The molecule has 6 heteroatoms. The van der Waals surface area contributed by atoms with E-state index >= 15 is 0 Å². The van der Waals surface area contributed by atoms with Crippen LogP contribution in [0.15, 0.2) is 77.8 Å². The number of aromatic nitrogens is 2. The lowest BCUT2D eigenvalue weighted by atomic mass is 10.1. The molecule has 1 amide bonds. The van der Waals surface area contributed by atoms with Gasteiger partial charge in [-0.2, -0.15) is 0 Å². The first-order chi connectivity index (χ1) is 15.5. The van der Waals surface area contributed by atoms with Gasteiger partial charge in [-0.3, -0.25) is 4.79 Å². The Hall–Kier alpha value is -3.22. The van der Waals surface area contributed by atoms with Crippen LogP contribution >= 0.6 is 23.1 Å². The van der Waals surface area contributed by atoms with Crippen LogP contribution in [0.3, 0.4) is 0 Å². The number of benzene rings is 3. The van der Waals surface area contributed by atoms with Gasteiger partial charge in [-0.1, -0.05) is 36.0 Å². The van der Waals surface area contributed by atoms with Crippen LogP contribution in [0, 0.1) is 13.8 Å². The molecule has 0 unspecified atom stereocenters. The first-order valence-electron chi connectivity index (χ1n) is 10.3. The van der Waals surface area contributed by atoms with Crippen molar-refractivity contribution in [2.45, 2.75) is 18.9 Å². The van der Waals surface area contributed by atoms with Crippen molar-refractivity contribution in [2.24, 2.45) is 0 Å². The summed E-state index contributed by atoms with van der Waals surface area (Å²) in [6, 6.07) is 24.3. The second kappa shape index (κ2) is 8.73. The molecule has 0 radical (unpaired) electrons. The number of nitrogens with one attached hydrogen (secondary N) is 1. The number of hydrogen-bond donors (Lipinski definition) is 1. The number of para-hydroxylation sites is 1. The van der Waals surface area contributed by atoms with Crippen molar-refractivity contribution in [1.29, 1.82) is 0 Å². The standard InChI is InChI=1S/C26H21N3OS2/c1-16-7-12-22-23(13-16)32-26(29-22)18-8-10-19(11-9-18)27-24(30)15-31-25-14-17(2)20-5-3-4-6-21(20)28-25/h3-14H,15H2,1-2H3,(H,27,30). The number of fused-ring (bicyclic) bond motifs is 2. The highest BCUT2D eigenvalue weighted by Gasteiger charge is 2.09. The highest BCUT2D eigenvalue weighted by atomic mass is 32.2. The third-order valence-electron chi connectivity index (χ3n) is 5.21. The first-order valence-corrected chi connectivity index (χ1v) is 12.1. The lowest BCUT2D eigenvalue weighted by Gasteiger charge is -2.07. The van der Waals surface area contributed by atoms with Crippen molar-refractivity contribution in [2.75, 3.05) is 11.1 Å². The summed E-state index contributed by atoms with van der Waals surface area (Å²) in [5.41, 5.74) is 6.20. The molecule has 0 saturated carbocycles. The van der Waals surface area contributed by atoms with Crippen molar-refractivity contribution in [3.63, 3.8) is 0 Å². The van der Waals surface area contributed by atoms with Gasteiger partial charge < -0.3 is 5.32 Å².